The van der Waals surface area contributed by atoms with Gasteiger partial charge in [0.05, 0.1) is 11.5 Å². The highest BCUT2D eigenvalue weighted by molar-refractivity contribution is 7.98. The molecule has 0 aromatic carbocycles. The Hall–Kier alpha value is -1.76. The molecule has 4 fully saturated rings. The topological polar surface area (TPSA) is 82.5 Å². The molecule has 3 bridgehead atoms. The highest BCUT2D eigenvalue weighted by Gasteiger charge is 2.45. The first-order valence-corrected chi connectivity index (χ1v) is 12.6. The number of aliphatic carboxylic acids is 1. The Balaban J connectivity index is 1.29. The lowest BCUT2D eigenvalue weighted by Gasteiger charge is -2.33. The van der Waals surface area contributed by atoms with Crippen LogP contribution in [-0.2, 0) is 4.79 Å². The fraction of sp³-hybridized carbons (Fsp3) is 0.696. The summed E-state index contributed by atoms with van der Waals surface area (Å²) in [5.41, 5.74) is 0.641. The van der Waals surface area contributed by atoms with Crippen LogP contribution in [0, 0.1) is 29.6 Å². The normalized spacial score (nSPS) is 34.8. The maximum atomic E-state index is 13.2. The first kappa shape index (κ1) is 20.2. The number of anilines is 1. The number of thioether (sulfide) groups is 1. The van der Waals surface area contributed by atoms with Crippen LogP contribution in [0.2, 0.25) is 0 Å². The molecule has 2 N–H and O–H groups in total. The summed E-state index contributed by atoms with van der Waals surface area (Å²) in [6.45, 7) is 1.17. The third-order valence-corrected chi connectivity index (χ3v) is 8.76. The van der Waals surface area contributed by atoms with Crippen molar-refractivity contribution in [3.05, 3.63) is 17.7 Å². The minimum atomic E-state index is -0.746. The van der Waals surface area contributed by atoms with E-state index < -0.39 is 5.97 Å². The Morgan fingerprint density at radius 3 is 2.67 bits per heavy atom. The van der Waals surface area contributed by atoms with E-state index >= 15 is 0 Å². The lowest BCUT2D eigenvalue weighted by Crippen LogP contribution is -2.42. The first-order valence-electron chi connectivity index (χ1n) is 11.4. The number of pyridine rings is 1. The van der Waals surface area contributed by atoms with Crippen molar-refractivity contribution in [3.63, 3.8) is 0 Å². The van der Waals surface area contributed by atoms with E-state index in [1.165, 1.54) is 43.9 Å². The zero-order chi connectivity index (χ0) is 20.8. The number of amides is 1. The fourth-order valence-electron chi connectivity index (χ4n) is 6.58. The molecular formula is C23H31N3O3S. The number of nitrogens with one attached hydrogen (secondary N) is 1. The van der Waals surface area contributed by atoms with Crippen molar-refractivity contribution >= 4 is 29.5 Å². The van der Waals surface area contributed by atoms with Crippen LogP contribution in [-0.4, -0.2) is 47.4 Å². The number of fused-ring (bicyclic) bond motifs is 2. The summed E-state index contributed by atoms with van der Waals surface area (Å²) < 4.78 is 0. The number of hydrogen-bond acceptors (Lipinski definition) is 5. The van der Waals surface area contributed by atoms with Gasteiger partial charge in [0.15, 0.2) is 0 Å². The molecule has 0 radical (unpaired) electrons. The molecule has 7 heteroatoms. The highest BCUT2D eigenvalue weighted by atomic mass is 32.2. The number of carboxylic acid groups (broad SMARTS) is 1. The van der Waals surface area contributed by atoms with Gasteiger partial charge in [-0.15, -0.1) is 11.8 Å². The van der Waals surface area contributed by atoms with Gasteiger partial charge in [-0.1, -0.05) is 0 Å². The van der Waals surface area contributed by atoms with Crippen LogP contribution in [0.15, 0.2) is 17.2 Å². The Kier molecular flexibility index (Phi) is 5.42. The number of nitrogens with zero attached hydrogens (tertiary/aromatic N) is 2. The van der Waals surface area contributed by atoms with Gasteiger partial charge >= 0.3 is 5.97 Å². The van der Waals surface area contributed by atoms with E-state index in [1.54, 1.807) is 0 Å². The molecule has 6 unspecified atom stereocenters. The summed E-state index contributed by atoms with van der Waals surface area (Å²) in [6.07, 6.45) is 10.4. The Labute approximate surface area is 182 Å². The quantitative estimate of drug-likeness (QED) is 0.695. The summed E-state index contributed by atoms with van der Waals surface area (Å²) in [5.74, 6) is 2.98. The van der Waals surface area contributed by atoms with Crippen LogP contribution in [0.4, 0.5) is 5.82 Å². The van der Waals surface area contributed by atoms with Gasteiger partial charge in [-0.05, 0) is 87.0 Å². The third kappa shape index (κ3) is 3.70. The van der Waals surface area contributed by atoms with Crippen LogP contribution in [0.1, 0.15) is 55.3 Å². The van der Waals surface area contributed by atoms with E-state index in [-0.39, 0.29) is 17.9 Å². The molecule has 1 saturated heterocycles. The monoisotopic (exact) mass is 429 g/mol. The van der Waals surface area contributed by atoms with E-state index in [1.807, 2.05) is 23.3 Å². The summed E-state index contributed by atoms with van der Waals surface area (Å²) in [4.78, 5) is 31.2. The second-order valence-corrected chi connectivity index (χ2v) is 10.5. The molecule has 4 aliphatic rings. The molecule has 5 rings (SSSR count). The molecule has 1 aromatic rings. The van der Waals surface area contributed by atoms with Gasteiger partial charge < -0.3 is 15.3 Å². The summed E-state index contributed by atoms with van der Waals surface area (Å²) in [6, 6.07) is 4.03. The molecule has 3 saturated carbocycles. The van der Waals surface area contributed by atoms with E-state index in [2.05, 4.69) is 5.32 Å². The predicted molar refractivity (Wildman–Crippen MR) is 117 cm³/mol. The smallest absolute Gasteiger partial charge is 0.308 e. The molecular weight excluding hydrogens is 398 g/mol. The van der Waals surface area contributed by atoms with Gasteiger partial charge in [0.2, 0.25) is 0 Å². The summed E-state index contributed by atoms with van der Waals surface area (Å²) >= 11 is 1.48. The molecule has 2 heterocycles. The van der Waals surface area contributed by atoms with E-state index in [0.717, 1.165) is 35.0 Å². The minimum Gasteiger partial charge on any atom is -0.481 e. The molecule has 6 nitrogen and oxygen atoms in total. The van der Waals surface area contributed by atoms with Crippen LogP contribution in [0.25, 0.3) is 0 Å². The molecule has 1 amide bonds. The van der Waals surface area contributed by atoms with Crippen molar-refractivity contribution in [1.82, 2.24) is 10.3 Å². The zero-order valence-electron chi connectivity index (χ0n) is 17.5. The lowest BCUT2D eigenvalue weighted by molar-refractivity contribution is -0.140. The standard InChI is InChI=1S/C23H31N3O3S/c1-30-22-18(3-5-20(25-22)26-7-6-15(12-26)23(28)29)21(27)24-19-4-2-14-8-13-9-16(14)11-17(19)10-13/h3,5,13-17,19H,2,4,6-12H2,1H3,(H,24,27)(H,28,29). The fourth-order valence-corrected chi connectivity index (χ4v) is 7.15. The molecule has 0 spiro atoms. The van der Waals surface area contributed by atoms with Crippen molar-refractivity contribution in [1.29, 1.82) is 0 Å². The number of aromatic nitrogens is 1. The third-order valence-electron chi connectivity index (χ3n) is 8.06. The summed E-state index contributed by atoms with van der Waals surface area (Å²) in [5, 5.41) is 13.3. The van der Waals surface area contributed by atoms with Gasteiger partial charge in [0, 0.05) is 19.1 Å². The van der Waals surface area contributed by atoms with Crippen molar-refractivity contribution in [3.8, 4) is 0 Å². The van der Waals surface area contributed by atoms with Crippen molar-refractivity contribution in [2.24, 2.45) is 29.6 Å². The number of carbonyl (C=O) groups is 2. The second kappa shape index (κ2) is 8.06. The van der Waals surface area contributed by atoms with Crippen LogP contribution in [0.5, 0.6) is 0 Å². The van der Waals surface area contributed by atoms with Crippen molar-refractivity contribution < 1.29 is 14.7 Å². The number of carboxylic acids is 1. The Morgan fingerprint density at radius 1 is 1.10 bits per heavy atom. The Bertz CT molecular complexity index is 847. The number of hydrogen-bond donors (Lipinski definition) is 2. The van der Waals surface area contributed by atoms with Gasteiger partial charge in [0.25, 0.3) is 5.91 Å². The molecule has 6 atom stereocenters. The average Bonchev–Trinajstić information content (AvgIpc) is 3.32. The Morgan fingerprint density at radius 2 is 1.90 bits per heavy atom. The average molecular weight is 430 g/mol. The van der Waals surface area contributed by atoms with E-state index in [0.29, 0.717) is 31.0 Å². The number of rotatable bonds is 5. The largest absolute Gasteiger partial charge is 0.481 e. The van der Waals surface area contributed by atoms with Gasteiger partial charge in [-0.25, -0.2) is 4.98 Å². The van der Waals surface area contributed by atoms with Gasteiger partial charge in [0.1, 0.15) is 10.8 Å². The maximum Gasteiger partial charge on any atom is 0.308 e. The van der Waals surface area contributed by atoms with Gasteiger partial charge in [-0.3, -0.25) is 9.59 Å². The zero-order valence-corrected chi connectivity index (χ0v) is 18.4. The van der Waals surface area contributed by atoms with Crippen LogP contribution >= 0.6 is 11.8 Å². The predicted octanol–water partition coefficient (Wildman–Crippen LogP) is 3.66. The van der Waals surface area contributed by atoms with Gasteiger partial charge in [-0.2, -0.15) is 0 Å². The van der Waals surface area contributed by atoms with Crippen molar-refractivity contribution in [2.45, 2.75) is 56.0 Å². The number of carbonyl (C=O) groups excluding carboxylic acids is 1. The molecule has 3 aliphatic carbocycles. The van der Waals surface area contributed by atoms with Crippen LogP contribution in [0.3, 0.4) is 0 Å². The molecule has 1 aromatic heterocycles. The molecule has 1 aliphatic heterocycles. The second-order valence-electron chi connectivity index (χ2n) is 9.74. The minimum absolute atomic E-state index is 0.00840. The highest BCUT2D eigenvalue weighted by Crippen LogP contribution is 2.53. The SMILES string of the molecule is CSc1nc(N2CCC(C(=O)O)C2)ccc1C(=O)NC1CCC2CC3CC2CC1C3. The maximum absolute atomic E-state index is 13.2. The lowest BCUT2D eigenvalue weighted by atomic mass is 9.77. The first-order chi connectivity index (χ1) is 14.5. The molecule has 30 heavy (non-hydrogen) atoms. The van der Waals surface area contributed by atoms with E-state index in [4.69, 9.17) is 4.98 Å². The molecule has 162 valence electrons. The summed E-state index contributed by atoms with van der Waals surface area (Å²) in [7, 11) is 0. The van der Waals surface area contributed by atoms with Crippen LogP contribution < -0.4 is 10.2 Å². The van der Waals surface area contributed by atoms with E-state index in [9.17, 15) is 14.7 Å². The van der Waals surface area contributed by atoms with Crippen molar-refractivity contribution in [2.75, 3.05) is 24.2 Å².